The lowest BCUT2D eigenvalue weighted by molar-refractivity contribution is 0.0143. The number of aryl methyl sites for hydroxylation is 1. The smallest absolute Gasteiger partial charge is 0.410 e. The third-order valence-corrected chi connectivity index (χ3v) is 6.31. The second-order valence-corrected chi connectivity index (χ2v) is 9.76. The zero-order valence-corrected chi connectivity index (χ0v) is 19.2. The molecular weight excluding hydrogens is 388 g/mol. The first-order valence-corrected chi connectivity index (χ1v) is 11.2. The zero-order valence-electron chi connectivity index (χ0n) is 19.2. The van der Waals surface area contributed by atoms with Crippen molar-refractivity contribution in [3.05, 3.63) is 54.4 Å². The van der Waals surface area contributed by atoms with Crippen molar-refractivity contribution in [3.63, 3.8) is 0 Å². The first kappa shape index (κ1) is 21.5. The highest BCUT2D eigenvalue weighted by molar-refractivity contribution is 5.69. The minimum absolute atomic E-state index is 0.0882. The van der Waals surface area contributed by atoms with Crippen molar-refractivity contribution in [2.75, 3.05) is 42.5 Å². The van der Waals surface area contributed by atoms with Gasteiger partial charge in [0.15, 0.2) is 0 Å². The Labute approximate surface area is 185 Å². The lowest BCUT2D eigenvalue weighted by atomic mass is 9.82. The number of piperidine rings is 1. The summed E-state index contributed by atoms with van der Waals surface area (Å²) in [6.45, 7) is 11.9. The molecule has 2 saturated heterocycles. The number of nitrogens with zero attached hydrogens (tertiary/aromatic N) is 4. The van der Waals surface area contributed by atoms with Crippen molar-refractivity contribution in [2.24, 2.45) is 0 Å². The van der Waals surface area contributed by atoms with Crippen LogP contribution in [0.3, 0.4) is 0 Å². The molecule has 0 atom stereocenters. The van der Waals surface area contributed by atoms with Gasteiger partial charge in [-0.25, -0.2) is 4.79 Å². The molecule has 0 saturated carbocycles. The van der Waals surface area contributed by atoms with Crippen molar-refractivity contribution in [2.45, 2.75) is 51.7 Å². The molecule has 6 nitrogen and oxygen atoms in total. The maximum atomic E-state index is 12.9. The number of rotatable bonds is 2. The molecule has 1 amide bonds. The van der Waals surface area contributed by atoms with Gasteiger partial charge in [0, 0.05) is 56.0 Å². The Balaban J connectivity index is 1.56. The van der Waals surface area contributed by atoms with Crippen LogP contribution in [0.2, 0.25) is 0 Å². The van der Waals surface area contributed by atoms with Crippen LogP contribution in [0, 0.1) is 6.92 Å². The number of hydrogen-bond donors (Lipinski definition) is 0. The summed E-state index contributed by atoms with van der Waals surface area (Å²) in [4.78, 5) is 24.1. The summed E-state index contributed by atoms with van der Waals surface area (Å²) in [5, 5.41) is 0. The summed E-state index contributed by atoms with van der Waals surface area (Å²) in [5.41, 5.74) is 2.93. The van der Waals surface area contributed by atoms with E-state index in [2.05, 4.69) is 57.2 Å². The van der Waals surface area contributed by atoms with E-state index < -0.39 is 5.60 Å². The Kier molecular flexibility index (Phi) is 5.82. The van der Waals surface area contributed by atoms with Crippen molar-refractivity contribution in [1.82, 2.24) is 9.88 Å². The van der Waals surface area contributed by atoms with Crippen LogP contribution in [0.4, 0.5) is 16.2 Å². The Morgan fingerprint density at radius 1 is 1.00 bits per heavy atom. The average molecular weight is 423 g/mol. The van der Waals surface area contributed by atoms with E-state index in [4.69, 9.17) is 4.74 Å². The predicted molar refractivity (Wildman–Crippen MR) is 125 cm³/mol. The van der Waals surface area contributed by atoms with E-state index in [0.29, 0.717) is 13.1 Å². The monoisotopic (exact) mass is 422 g/mol. The molecule has 0 aliphatic carbocycles. The van der Waals surface area contributed by atoms with Gasteiger partial charge >= 0.3 is 6.09 Å². The Morgan fingerprint density at radius 2 is 1.71 bits per heavy atom. The van der Waals surface area contributed by atoms with Crippen molar-refractivity contribution in [3.8, 4) is 0 Å². The molecule has 2 aliphatic heterocycles. The van der Waals surface area contributed by atoms with Gasteiger partial charge in [-0.05, 0) is 64.8 Å². The molecule has 2 fully saturated rings. The van der Waals surface area contributed by atoms with E-state index in [-0.39, 0.29) is 11.6 Å². The number of para-hydroxylation sites is 1. The maximum absolute atomic E-state index is 12.9. The molecule has 31 heavy (non-hydrogen) atoms. The van der Waals surface area contributed by atoms with Crippen molar-refractivity contribution >= 4 is 17.5 Å². The van der Waals surface area contributed by atoms with Gasteiger partial charge in [0.2, 0.25) is 0 Å². The van der Waals surface area contributed by atoms with Gasteiger partial charge in [-0.3, -0.25) is 4.98 Å². The van der Waals surface area contributed by atoms with E-state index in [1.54, 1.807) is 0 Å². The summed E-state index contributed by atoms with van der Waals surface area (Å²) in [5.74, 6) is 0. The number of piperazine rings is 1. The van der Waals surface area contributed by atoms with E-state index in [0.717, 1.165) is 38.2 Å². The van der Waals surface area contributed by atoms with Gasteiger partial charge in [0.25, 0.3) is 0 Å². The lowest BCUT2D eigenvalue weighted by Crippen LogP contribution is -2.67. The van der Waals surface area contributed by atoms with E-state index in [9.17, 15) is 4.79 Å². The van der Waals surface area contributed by atoms with Gasteiger partial charge in [0.1, 0.15) is 5.60 Å². The number of pyridine rings is 1. The van der Waals surface area contributed by atoms with Crippen LogP contribution in [-0.4, -0.2) is 59.8 Å². The minimum atomic E-state index is -0.483. The highest BCUT2D eigenvalue weighted by Gasteiger charge is 2.46. The quantitative estimate of drug-likeness (QED) is 0.714. The summed E-state index contributed by atoms with van der Waals surface area (Å²) in [6, 6.07) is 14.9. The molecule has 2 aromatic rings. The molecule has 0 bridgehead atoms. The van der Waals surface area contributed by atoms with Gasteiger partial charge in [-0.15, -0.1) is 0 Å². The molecule has 0 radical (unpaired) electrons. The first-order valence-electron chi connectivity index (χ1n) is 11.2. The van der Waals surface area contributed by atoms with Gasteiger partial charge in [-0.2, -0.15) is 0 Å². The average Bonchev–Trinajstić information content (AvgIpc) is 2.74. The van der Waals surface area contributed by atoms with Crippen LogP contribution >= 0.6 is 0 Å². The van der Waals surface area contributed by atoms with Crippen LogP contribution in [0.15, 0.2) is 48.7 Å². The fraction of sp³-hybridized carbons (Fsp3) is 0.520. The molecule has 4 rings (SSSR count). The third kappa shape index (κ3) is 4.78. The van der Waals surface area contributed by atoms with Crippen LogP contribution in [0.5, 0.6) is 0 Å². The number of aromatic nitrogens is 1. The van der Waals surface area contributed by atoms with Gasteiger partial charge in [-0.1, -0.05) is 18.2 Å². The second-order valence-electron chi connectivity index (χ2n) is 9.76. The number of benzene rings is 1. The van der Waals surface area contributed by atoms with Gasteiger partial charge < -0.3 is 19.4 Å². The van der Waals surface area contributed by atoms with Crippen LogP contribution in [-0.2, 0) is 4.74 Å². The predicted octanol–water partition coefficient (Wildman–Crippen LogP) is 4.49. The second kappa shape index (κ2) is 8.40. The number of ether oxygens (including phenoxy) is 1. The summed E-state index contributed by atoms with van der Waals surface area (Å²) in [6.07, 6.45) is 3.66. The van der Waals surface area contributed by atoms with Gasteiger partial charge in [0.05, 0.1) is 5.54 Å². The van der Waals surface area contributed by atoms with E-state index in [1.165, 1.54) is 11.4 Å². The summed E-state index contributed by atoms with van der Waals surface area (Å²) < 4.78 is 5.71. The summed E-state index contributed by atoms with van der Waals surface area (Å²) in [7, 11) is 0. The fourth-order valence-corrected chi connectivity index (χ4v) is 4.81. The lowest BCUT2D eigenvalue weighted by Gasteiger charge is -2.55. The molecule has 1 spiro atoms. The minimum Gasteiger partial charge on any atom is -0.444 e. The van der Waals surface area contributed by atoms with E-state index in [1.807, 2.05) is 38.8 Å². The first-order chi connectivity index (χ1) is 14.8. The number of amides is 1. The topological polar surface area (TPSA) is 48.9 Å². The molecule has 0 unspecified atom stereocenters. The number of carbonyl (C=O) groups is 1. The maximum Gasteiger partial charge on any atom is 0.410 e. The van der Waals surface area contributed by atoms with Crippen LogP contribution in [0.1, 0.15) is 39.3 Å². The molecule has 0 N–H and O–H groups in total. The molecule has 2 aliphatic rings. The fourth-order valence-electron chi connectivity index (χ4n) is 4.81. The molecule has 3 heterocycles. The Hall–Kier alpha value is -2.76. The zero-order chi connectivity index (χ0) is 22.1. The van der Waals surface area contributed by atoms with Crippen LogP contribution in [0.25, 0.3) is 0 Å². The molecule has 6 heteroatoms. The van der Waals surface area contributed by atoms with Crippen LogP contribution < -0.4 is 9.80 Å². The van der Waals surface area contributed by atoms with Crippen molar-refractivity contribution in [1.29, 1.82) is 0 Å². The third-order valence-electron chi connectivity index (χ3n) is 6.31. The molecular formula is C25H34N4O2. The largest absolute Gasteiger partial charge is 0.444 e. The molecule has 1 aromatic heterocycles. The number of anilines is 2. The number of hydrogen-bond acceptors (Lipinski definition) is 5. The summed E-state index contributed by atoms with van der Waals surface area (Å²) >= 11 is 0. The Bertz CT molecular complexity index is 901. The highest BCUT2D eigenvalue weighted by Crippen LogP contribution is 2.38. The van der Waals surface area contributed by atoms with E-state index >= 15 is 0 Å². The Morgan fingerprint density at radius 3 is 2.35 bits per heavy atom. The molecule has 166 valence electrons. The SMILES string of the molecule is Cc1cc(N2CCC3(CC2)CN(C(=O)OC(C)(C)C)CCN3c2ccccc2)ccn1. The normalized spacial score (nSPS) is 18.9. The number of carbonyl (C=O) groups excluding carboxylic acids is 1. The standard InChI is InChI=1S/C25H34N4O2/c1-20-18-22(10-13-26-20)27-14-11-25(12-15-27)19-28(23(30)31-24(2,3)4)16-17-29(25)21-8-6-5-7-9-21/h5-10,13,18H,11-12,14-17,19H2,1-4H3. The van der Waals surface area contributed by atoms with Crippen molar-refractivity contribution < 1.29 is 9.53 Å². The highest BCUT2D eigenvalue weighted by atomic mass is 16.6. The molecule has 1 aromatic carbocycles.